The van der Waals surface area contributed by atoms with E-state index in [9.17, 15) is 14.6 Å². The number of benzene rings is 1. The second-order valence-electron chi connectivity index (χ2n) is 7.65. The maximum atomic E-state index is 13.9. The van der Waals surface area contributed by atoms with E-state index in [1.54, 1.807) is 30.9 Å². The average Bonchev–Trinajstić information content (AvgIpc) is 3.41. The Balaban J connectivity index is 1.51. The molecular weight excluding hydrogens is 423 g/mol. The van der Waals surface area contributed by atoms with Crippen LogP contribution in [0.15, 0.2) is 67.4 Å². The lowest BCUT2D eigenvalue weighted by Gasteiger charge is -2.04. The minimum atomic E-state index is -0.530. The van der Waals surface area contributed by atoms with Crippen molar-refractivity contribution in [2.24, 2.45) is 0 Å². The number of hydrogen-bond donors (Lipinski definition) is 4. The van der Waals surface area contributed by atoms with E-state index in [0.717, 1.165) is 44.9 Å². The van der Waals surface area contributed by atoms with Crippen molar-refractivity contribution >= 4 is 21.9 Å². The number of halogens is 1. The molecule has 0 aliphatic heterocycles. The topological polar surface area (TPSA) is 124 Å². The molecule has 6 rings (SSSR count). The van der Waals surface area contributed by atoms with Crippen molar-refractivity contribution in [3.63, 3.8) is 0 Å². The van der Waals surface area contributed by atoms with E-state index in [4.69, 9.17) is 0 Å². The molecule has 0 fully saturated rings. The monoisotopic (exact) mass is 438 g/mol. The zero-order valence-corrected chi connectivity index (χ0v) is 16.9. The van der Waals surface area contributed by atoms with E-state index in [1.165, 1.54) is 18.3 Å². The number of H-pyrrole nitrogens is 2. The fourth-order valence-corrected chi connectivity index (χ4v) is 3.99. The number of aromatic nitrogens is 6. The summed E-state index contributed by atoms with van der Waals surface area (Å²) in [4.78, 5) is 16.0. The van der Waals surface area contributed by atoms with Crippen LogP contribution in [0, 0.1) is 5.82 Å². The van der Waals surface area contributed by atoms with Crippen LogP contribution in [0.3, 0.4) is 0 Å². The molecule has 0 aliphatic carbocycles. The summed E-state index contributed by atoms with van der Waals surface area (Å²) in [7, 11) is 0. The lowest BCUT2D eigenvalue weighted by Crippen LogP contribution is -1.84. The van der Waals surface area contributed by atoms with E-state index in [1.807, 2.05) is 12.1 Å². The van der Waals surface area contributed by atoms with Crippen molar-refractivity contribution in [3.8, 4) is 45.1 Å². The maximum absolute atomic E-state index is 13.9. The van der Waals surface area contributed by atoms with Crippen molar-refractivity contribution in [2.45, 2.75) is 0 Å². The highest BCUT2D eigenvalue weighted by atomic mass is 19.1. The Morgan fingerprint density at radius 3 is 2.39 bits per heavy atom. The number of pyridine rings is 3. The van der Waals surface area contributed by atoms with Crippen molar-refractivity contribution in [3.05, 3.63) is 73.2 Å². The minimum absolute atomic E-state index is 0.0686. The molecular formula is C24H15FN6O2. The first-order chi connectivity index (χ1) is 16.0. The minimum Gasteiger partial charge on any atom is -0.508 e. The maximum Gasteiger partial charge on any atom is 0.181 e. The first-order valence-corrected chi connectivity index (χ1v) is 10.0. The largest absolute Gasteiger partial charge is 0.508 e. The molecule has 5 aromatic heterocycles. The highest BCUT2D eigenvalue weighted by Gasteiger charge is 2.15. The van der Waals surface area contributed by atoms with Gasteiger partial charge < -0.3 is 15.2 Å². The summed E-state index contributed by atoms with van der Waals surface area (Å²) < 4.78 is 13.9. The number of aromatic amines is 2. The van der Waals surface area contributed by atoms with Gasteiger partial charge in [0.2, 0.25) is 0 Å². The van der Waals surface area contributed by atoms with Gasteiger partial charge in [0.05, 0.1) is 29.3 Å². The van der Waals surface area contributed by atoms with Gasteiger partial charge in [-0.2, -0.15) is 5.10 Å². The van der Waals surface area contributed by atoms with Gasteiger partial charge in [0, 0.05) is 52.1 Å². The summed E-state index contributed by atoms with van der Waals surface area (Å²) in [6.45, 7) is 0. The summed E-state index contributed by atoms with van der Waals surface area (Å²) in [5, 5.41) is 28.5. The second kappa shape index (κ2) is 7.13. The third-order valence-corrected chi connectivity index (χ3v) is 5.48. The quantitative estimate of drug-likeness (QED) is 0.315. The van der Waals surface area contributed by atoms with Gasteiger partial charge in [0.15, 0.2) is 5.65 Å². The number of hydrogen-bond acceptors (Lipinski definition) is 6. The summed E-state index contributed by atoms with van der Waals surface area (Å²) >= 11 is 0. The van der Waals surface area contributed by atoms with Crippen molar-refractivity contribution in [1.82, 2.24) is 30.1 Å². The van der Waals surface area contributed by atoms with Crippen molar-refractivity contribution in [2.75, 3.05) is 0 Å². The Hall–Kier alpha value is -4.79. The summed E-state index contributed by atoms with van der Waals surface area (Å²) in [5.41, 5.74) is 5.45. The van der Waals surface area contributed by atoms with Gasteiger partial charge in [0.25, 0.3) is 0 Å². The Kier molecular flexibility index (Phi) is 4.09. The predicted molar refractivity (Wildman–Crippen MR) is 121 cm³/mol. The van der Waals surface area contributed by atoms with E-state index < -0.39 is 5.82 Å². The van der Waals surface area contributed by atoms with Crippen molar-refractivity contribution < 1.29 is 14.6 Å². The standard InChI is InChI=1S/C24H15FN6O2/c25-15-1-12(2-16(32)5-15)20-10-27-11-22-18(20)6-21(29-22)23-19-4-14(8-28-24(19)31-30-23)13-3-17(33)9-26-7-13/h1-11,29,32-33H,(H,28,30,31). The van der Waals surface area contributed by atoms with Crippen LogP contribution >= 0.6 is 0 Å². The van der Waals surface area contributed by atoms with Crippen molar-refractivity contribution in [1.29, 1.82) is 0 Å². The van der Waals surface area contributed by atoms with E-state index in [-0.39, 0.29) is 11.5 Å². The van der Waals surface area contributed by atoms with E-state index in [0.29, 0.717) is 16.8 Å². The SMILES string of the molecule is Oc1cncc(-c2cnc3n[nH]c(-c4cc5c(-c6cc(O)cc(F)c6)cncc5[nH]4)c3c2)c1. The Bertz CT molecular complexity index is 1650. The van der Waals surface area contributed by atoms with Gasteiger partial charge in [0.1, 0.15) is 17.3 Å². The number of rotatable bonds is 3. The normalized spacial score (nSPS) is 11.4. The smallest absolute Gasteiger partial charge is 0.181 e. The first-order valence-electron chi connectivity index (χ1n) is 10.0. The third kappa shape index (κ3) is 3.23. The predicted octanol–water partition coefficient (Wildman–Crippen LogP) is 4.78. The molecule has 0 amide bonds. The number of phenols is 1. The van der Waals surface area contributed by atoms with Crippen LogP contribution in [0.1, 0.15) is 0 Å². The molecule has 6 aromatic rings. The molecule has 0 unspecified atom stereocenters. The molecule has 1 aromatic carbocycles. The highest BCUT2D eigenvalue weighted by Crippen LogP contribution is 2.35. The molecule has 0 atom stereocenters. The molecule has 0 aliphatic rings. The van der Waals surface area contributed by atoms with Crippen LogP contribution in [0.25, 0.3) is 55.6 Å². The Morgan fingerprint density at radius 2 is 1.55 bits per heavy atom. The van der Waals surface area contributed by atoms with Gasteiger partial charge >= 0.3 is 0 Å². The zero-order valence-electron chi connectivity index (χ0n) is 16.9. The number of fused-ring (bicyclic) bond motifs is 2. The molecule has 9 heteroatoms. The van der Waals surface area contributed by atoms with Gasteiger partial charge in [-0.15, -0.1) is 0 Å². The lowest BCUT2D eigenvalue weighted by atomic mass is 10.0. The van der Waals surface area contributed by atoms with Crippen LogP contribution in [0.4, 0.5) is 4.39 Å². The molecule has 0 spiro atoms. The van der Waals surface area contributed by atoms with E-state index >= 15 is 0 Å². The molecule has 8 nitrogen and oxygen atoms in total. The lowest BCUT2D eigenvalue weighted by molar-refractivity contribution is 0.469. The number of phenolic OH excluding ortho intramolecular Hbond substituents is 1. The molecule has 33 heavy (non-hydrogen) atoms. The molecule has 4 N–H and O–H groups in total. The summed E-state index contributed by atoms with van der Waals surface area (Å²) in [6, 6.07) is 9.37. The van der Waals surface area contributed by atoms with Gasteiger partial charge in [-0.1, -0.05) is 0 Å². The zero-order chi connectivity index (χ0) is 22.5. The van der Waals surface area contributed by atoms with Crippen LogP contribution < -0.4 is 0 Å². The summed E-state index contributed by atoms with van der Waals surface area (Å²) in [5.74, 6) is -0.617. The Labute approximate surface area is 185 Å². The van der Waals surface area contributed by atoms with Gasteiger partial charge in [-0.3, -0.25) is 15.1 Å². The number of nitrogens with zero attached hydrogens (tertiary/aromatic N) is 4. The molecule has 160 valence electrons. The van der Waals surface area contributed by atoms with Gasteiger partial charge in [-0.25, -0.2) is 9.37 Å². The average molecular weight is 438 g/mol. The summed E-state index contributed by atoms with van der Waals surface area (Å²) in [6.07, 6.45) is 8.01. The number of aromatic hydroxyl groups is 2. The Morgan fingerprint density at radius 1 is 0.727 bits per heavy atom. The van der Waals surface area contributed by atoms with E-state index in [2.05, 4.69) is 30.1 Å². The fourth-order valence-electron chi connectivity index (χ4n) is 3.99. The van der Waals surface area contributed by atoms with Crippen LogP contribution in [0.2, 0.25) is 0 Å². The van der Waals surface area contributed by atoms with Crippen LogP contribution in [0.5, 0.6) is 11.5 Å². The first kappa shape index (κ1) is 18.9. The second-order valence-corrected chi connectivity index (χ2v) is 7.65. The molecule has 5 heterocycles. The fraction of sp³-hybridized carbons (Fsp3) is 0. The molecule has 0 bridgehead atoms. The molecule has 0 radical (unpaired) electrons. The van der Waals surface area contributed by atoms with Gasteiger partial charge in [-0.05, 0) is 35.9 Å². The highest BCUT2D eigenvalue weighted by molar-refractivity contribution is 6.00. The number of nitrogens with one attached hydrogen (secondary N) is 2. The third-order valence-electron chi connectivity index (χ3n) is 5.48. The van der Waals surface area contributed by atoms with Crippen LogP contribution in [-0.2, 0) is 0 Å². The molecule has 0 saturated heterocycles. The van der Waals surface area contributed by atoms with Crippen LogP contribution in [-0.4, -0.2) is 40.3 Å². The molecule has 0 saturated carbocycles.